The van der Waals surface area contributed by atoms with Gasteiger partial charge in [-0.3, -0.25) is 9.69 Å². The fourth-order valence-electron chi connectivity index (χ4n) is 2.22. The Morgan fingerprint density at radius 1 is 1.30 bits per heavy atom. The molecule has 1 atom stereocenters. The largest absolute Gasteiger partial charge is 0.469 e. The van der Waals surface area contributed by atoms with Gasteiger partial charge in [-0.15, -0.1) is 0 Å². The fourth-order valence-corrected chi connectivity index (χ4v) is 2.22. The summed E-state index contributed by atoms with van der Waals surface area (Å²) in [6.45, 7) is 4.29. The first-order valence-electron chi connectivity index (χ1n) is 7.18. The van der Waals surface area contributed by atoms with E-state index in [2.05, 4.69) is 11.8 Å². The number of aliphatic hydroxyl groups is 1. The molecule has 0 saturated carbocycles. The topological polar surface area (TPSA) is 49.8 Å². The molecule has 0 saturated heterocycles. The normalized spacial score (nSPS) is 12.4. The van der Waals surface area contributed by atoms with Crippen molar-refractivity contribution in [3.8, 4) is 0 Å². The number of nitrogens with zero attached hydrogens (tertiary/aromatic N) is 1. The summed E-state index contributed by atoms with van der Waals surface area (Å²) in [4.78, 5) is 14.1. The van der Waals surface area contributed by atoms with Gasteiger partial charge in [0.05, 0.1) is 19.6 Å². The summed E-state index contributed by atoms with van der Waals surface area (Å²) in [6.07, 6.45) is 2.15. The number of ether oxygens (including phenoxy) is 1. The van der Waals surface area contributed by atoms with E-state index in [9.17, 15) is 4.79 Å². The maximum atomic E-state index is 12.0. The summed E-state index contributed by atoms with van der Waals surface area (Å²) in [6, 6.07) is 9.67. The molecule has 0 heterocycles. The number of hydrogen-bond donors (Lipinski definition) is 1. The fraction of sp³-hybridized carbons (Fsp3) is 0.562. The molecular weight excluding hydrogens is 254 g/mol. The Balaban J connectivity index is 2.79. The predicted molar refractivity (Wildman–Crippen MR) is 79.6 cm³/mol. The Bertz CT molecular complexity index is 381. The highest BCUT2D eigenvalue weighted by molar-refractivity contribution is 5.78. The average Bonchev–Trinajstić information content (AvgIpc) is 2.50. The molecule has 1 N–H and O–H groups in total. The molecule has 0 aliphatic carbocycles. The lowest BCUT2D eigenvalue weighted by atomic mass is 9.98. The molecule has 1 aromatic rings. The van der Waals surface area contributed by atoms with Gasteiger partial charge in [-0.2, -0.15) is 0 Å². The highest BCUT2D eigenvalue weighted by Crippen LogP contribution is 2.19. The monoisotopic (exact) mass is 279 g/mol. The molecule has 0 aromatic heterocycles. The van der Waals surface area contributed by atoms with Gasteiger partial charge in [0.2, 0.25) is 0 Å². The number of aliphatic hydroxyl groups excluding tert-OH is 1. The van der Waals surface area contributed by atoms with Gasteiger partial charge in [0.15, 0.2) is 0 Å². The van der Waals surface area contributed by atoms with Crippen LogP contribution in [0.15, 0.2) is 30.3 Å². The minimum absolute atomic E-state index is 0.104. The van der Waals surface area contributed by atoms with Crippen LogP contribution in [0.3, 0.4) is 0 Å². The number of unbranched alkanes of at least 4 members (excludes halogenated alkanes) is 1. The first-order chi connectivity index (χ1) is 9.72. The molecule has 4 heteroatoms. The van der Waals surface area contributed by atoms with E-state index < -0.39 is 0 Å². The van der Waals surface area contributed by atoms with Crippen LogP contribution in [-0.2, 0) is 9.53 Å². The predicted octanol–water partition coefficient (Wildman–Crippen LogP) is 2.04. The van der Waals surface area contributed by atoms with Gasteiger partial charge in [0, 0.05) is 13.1 Å². The Labute approximate surface area is 121 Å². The van der Waals surface area contributed by atoms with Crippen molar-refractivity contribution in [3.05, 3.63) is 35.9 Å². The number of hydrogen-bond acceptors (Lipinski definition) is 4. The van der Waals surface area contributed by atoms with Gasteiger partial charge in [-0.25, -0.2) is 0 Å². The van der Waals surface area contributed by atoms with Crippen molar-refractivity contribution < 1.29 is 14.6 Å². The molecule has 0 amide bonds. The van der Waals surface area contributed by atoms with Crippen LogP contribution in [0.5, 0.6) is 0 Å². The van der Waals surface area contributed by atoms with Crippen LogP contribution < -0.4 is 0 Å². The lowest BCUT2D eigenvalue weighted by Crippen LogP contribution is -2.35. The third-order valence-electron chi connectivity index (χ3n) is 3.37. The van der Waals surface area contributed by atoms with E-state index in [-0.39, 0.29) is 18.5 Å². The lowest BCUT2D eigenvalue weighted by Gasteiger charge is -2.25. The molecule has 112 valence electrons. The molecule has 1 unspecified atom stereocenters. The van der Waals surface area contributed by atoms with Crippen LogP contribution in [0.2, 0.25) is 0 Å². The molecule has 0 aliphatic heterocycles. The SMILES string of the molecule is CCCCN(CCO)CC(C(=O)OC)c1ccccc1. The van der Waals surface area contributed by atoms with Crippen LogP contribution in [0, 0.1) is 0 Å². The van der Waals surface area contributed by atoms with E-state index in [1.54, 1.807) is 0 Å². The van der Waals surface area contributed by atoms with E-state index >= 15 is 0 Å². The molecule has 1 aromatic carbocycles. The number of carbonyl (C=O) groups excluding carboxylic acids is 1. The zero-order valence-electron chi connectivity index (χ0n) is 12.4. The second-order valence-electron chi connectivity index (χ2n) is 4.86. The average molecular weight is 279 g/mol. The Kier molecular flexibility index (Phi) is 7.92. The number of benzene rings is 1. The molecule has 0 aliphatic rings. The van der Waals surface area contributed by atoms with Crippen LogP contribution in [-0.4, -0.2) is 49.3 Å². The molecule has 0 fully saturated rings. The van der Waals surface area contributed by atoms with E-state index in [1.165, 1.54) is 7.11 Å². The second kappa shape index (κ2) is 9.50. The van der Waals surface area contributed by atoms with Crippen molar-refractivity contribution in [3.63, 3.8) is 0 Å². The first-order valence-corrected chi connectivity index (χ1v) is 7.18. The number of rotatable bonds is 9. The van der Waals surface area contributed by atoms with Gasteiger partial charge >= 0.3 is 5.97 Å². The summed E-state index contributed by atoms with van der Waals surface area (Å²) < 4.78 is 4.92. The van der Waals surface area contributed by atoms with Crippen molar-refractivity contribution in [2.75, 3.05) is 33.4 Å². The van der Waals surface area contributed by atoms with Crippen molar-refractivity contribution >= 4 is 5.97 Å². The summed E-state index contributed by atoms with van der Waals surface area (Å²) in [5.74, 6) is -0.528. The summed E-state index contributed by atoms with van der Waals surface area (Å²) in [5, 5.41) is 9.16. The maximum Gasteiger partial charge on any atom is 0.314 e. The van der Waals surface area contributed by atoms with Gasteiger partial charge in [0.25, 0.3) is 0 Å². The Morgan fingerprint density at radius 2 is 2.00 bits per heavy atom. The second-order valence-corrected chi connectivity index (χ2v) is 4.86. The molecule has 20 heavy (non-hydrogen) atoms. The van der Waals surface area contributed by atoms with E-state index in [1.807, 2.05) is 30.3 Å². The molecule has 0 bridgehead atoms. The zero-order chi connectivity index (χ0) is 14.8. The highest BCUT2D eigenvalue weighted by Gasteiger charge is 2.23. The molecule has 0 radical (unpaired) electrons. The number of carbonyl (C=O) groups is 1. The molecular formula is C16H25NO3. The molecule has 4 nitrogen and oxygen atoms in total. The van der Waals surface area contributed by atoms with Crippen LogP contribution >= 0.6 is 0 Å². The summed E-state index contributed by atoms with van der Waals surface area (Å²) >= 11 is 0. The quantitative estimate of drug-likeness (QED) is 0.703. The van der Waals surface area contributed by atoms with Crippen LogP contribution in [0.1, 0.15) is 31.2 Å². The Morgan fingerprint density at radius 3 is 2.55 bits per heavy atom. The van der Waals surface area contributed by atoms with Crippen molar-refractivity contribution in [1.29, 1.82) is 0 Å². The minimum Gasteiger partial charge on any atom is -0.469 e. The van der Waals surface area contributed by atoms with Gasteiger partial charge < -0.3 is 9.84 Å². The zero-order valence-corrected chi connectivity index (χ0v) is 12.4. The minimum atomic E-state index is -0.301. The third kappa shape index (κ3) is 5.31. The Hall–Kier alpha value is -1.39. The number of methoxy groups -OCH3 is 1. The van der Waals surface area contributed by atoms with Crippen molar-refractivity contribution in [2.45, 2.75) is 25.7 Å². The van der Waals surface area contributed by atoms with E-state index in [0.717, 1.165) is 24.9 Å². The highest BCUT2D eigenvalue weighted by atomic mass is 16.5. The molecule has 1 rings (SSSR count). The van der Waals surface area contributed by atoms with Gasteiger partial charge in [-0.05, 0) is 18.5 Å². The van der Waals surface area contributed by atoms with Crippen molar-refractivity contribution in [1.82, 2.24) is 4.90 Å². The van der Waals surface area contributed by atoms with E-state index in [4.69, 9.17) is 9.84 Å². The molecule has 0 spiro atoms. The van der Waals surface area contributed by atoms with Crippen molar-refractivity contribution in [2.24, 2.45) is 0 Å². The first kappa shape index (κ1) is 16.7. The third-order valence-corrected chi connectivity index (χ3v) is 3.37. The van der Waals surface area contributed by atoms with Gasteiger partial charge in [-0.1, -0.05) is 43.7 Å². The summed E-state index contributed by atoms with van der Waals surface area (Å²) in [7, 11) is 1.42. The summed E-state index contributed by atoms with van der Waals surface area (Å²) in [5.41, 5.74) is 0.957. The van der Waals surface area contributed by atoms with Gasteiger partial charge in [0.1, 0.15) is 0 Å². The van der Waals surface area contributed by atoms with E-state index in [0.29, 0.717) is 13.1 Å². The smallest absolute Gasteiger partial charge is 0.314 e. The lowest BCUT2D eigenvalue weighted by molar-refractivity contribution is -0.143. The van der Waals surface area contributed by atoms with Crippen LogP contribution in [0.25, 0.3) is 0 Å². The maximum absolute atomic E-state index is 12.0. The number of esters is 1. The van der Waals surface area contributed by atoms with Crippen LogP contribution in [0.4, 0.5) is 0 Å². The standard InChI is InChI=1S/C16H25NO3/c1-3-4-10-17(11-12-18)13-15(16(19)20-2)14-8-6-5-7-9-14/h5-9,15,18H,3-4,10-13H2,1-2H3.